The molecule has 0 radical (unpaired) electrons. The maximum atomic E-state index is 13.8. The summed E-state index contributed by atoms with van der Waals surface area (Å²) in [5.74, 6) is -7.83. The predicted molar refractivity (Wildman–Crippen MR) is 115 cm³/mol. The van der Waals surface area contributed by atoms with Gasteiger partial charge in [0.15, 0.2) is 11.4 Å². The molecule has 10 nitrogen and oxygen atoms in total. The lowest BCUT2D eigenvalue weighted by molar-refractivity contribution is -0.169. The average Bonchev–Trinajstić information content (AvgIpc) is 2.75. The molecule has 0 saturated heterocycles. The fourth-order valence-electron chi connectivity index (χ4n) is 5.73. The molecule has 0 aromatic heterocycles. The lowest BCUT2D eigenvalue weighted by Gasteiger charge is -2.53. The van der Waals surface area contributed by atoms with Gasteiger partial charge in [0.05, 0.1) is 30.7 Å². The zero-order valence-corrected chi connectivity index (χ0v) is 18.6. The second-order valence-electron chi connectivity index (χ2n) is 8.97. The fraction of sp³-hybridized carbons (Fsp3) is 0.435. The van der Waals surface area contributed by atoms with Gasteiger partial charge < -0.3 is 30.9 Å². The van der Waals surface area contributed by atoms with Crippen molar-refractivity contribution < 1.29 is 39.5 Å². The van der Waals surface area contributed by atoms with Crippen LogP contribution in [0.2, 0.25) is 0 Å². The number of nitrogens with zero attached hydrogens (tertiary/aromatic N) is 1. The summed E-state index contributed by atoms with van der Waals surface area (Å²) in [7, 11) is 4.36. The van der Waals surface area contributed by atoms with E-state index in [4.69, 9.17) is 10.5 Å². The zero-order valence-electron chi connectivity index (χ0n) is 18.6. The monoisotopic (exact) mass is 458 g/mol. The maximum Gasteiger partial charge on any atom is 0.255 e. The van der Waals surface area contributed by atoms with Crippen LogP contribution in [0.25, 0.3) is 5.76 Å². The van der Waals surface area contributed by atoms with Crippen LogP contribution < -0.4 is 10.5 Å². The number of fused-ring (bicyclic) bond motifs is 3. The van der Waals surface area contributed by atoms with Gasteiger partial charge in [0.25, 0.3) is 5.91 Å². The van der Waals surface area contributed by atoms with Crippen molar-refractivity contribution in [2.24, 2.45) is 17.6 Å². The number of hydrogen-bond donors (Lipinski definition) is 5. The van der Waals surface area contributed by atoms with E-state index in [9.17, 15) is 34.8 Å². The third-order valence-corrected chi connectivity index (χ3v) is 7.20. The van der Waals surface area contributed by atoms with Gasteiger partial charge in [0.1, 0.15) is 22.8 Å². The van der Waals surface area contributed by atoms with Crippen molar-refractivity contribution in [3.8, 4) is 5.75 Å². The Morgan fingerprint density at radius 1 is 1.21 bits per heavy atom. The number of methoxy groups -OCH3 is 1. The first-order valence-corrected chi connectivity index (χ1v) is 10.4. The van der Waals surface area contributed by atoms with Crippen molar-refractivity contribution in [1.82, 2.24) is 4.90 Å². The number of ketones is 2. The standard InChI is InChI=1S/C23H26N2O8/c1-8-9-6-5-7-10(33-4)12(9)17(26)13-11(8)18(27)15-16(25(2)3)19(28)14(22(24)31)21(30)23(15,32)20(13)29/h5-8,11,15-16,18,26-27,30,32H,1-4H3,(H2,24,31). The smallest absolute Gasteiger partial charge is 0.255 e. The Balaban J connectivity index is 2.06. The van der Waals surface area contributed by atoms with Crippen LogP contribution in [0.4, 0.5) is 0 Å². The lowest BCUT2D eigenvalue weighted by atomic mass is 9.54. The summed E-state index contributed by atoms with van der Waals surface area (Å²) in [4.78, 5) is 40.2. The van der Waals surface area contributed by atoms with Crippen molar-refractivity contribution in [2.75, 3.05) is 21.2 Å². The molecule has 1 aromatic rings. The van der Waals surface area contributed by atoms with E-state index in [0.717, 1.165) is 0 Å². The minimum Gasteiger partial charge on any atom is -0.508 e. The summed E-state index contributed by atoms with van der Waals surface area (Å²) < 4.78 is 5.34. The van der Waals surface area contributed by atoms with Gasteiger partial charge >= 0.3 is 0 Å². The fourth-order valence-corrected chi connectivity index (χ4v) is 5.73. The van der Waals surface area contributed by atoms with Crippen LogP contribution in [0.5, 0.6) is 5.75 Å². The Morgan fingerprint density at radius 3 is 2.39 bits per heavy atom. The molecule has 1 saturated carbocycles. The number of aliphatic hydroxyl groups excluding tert-OH is 3. The number of ether oxygens (including phenoxy) is 1. The lowest BCUT2D eigenvalue weighted by Crippen LogP contribution is -2.70. The average molecular weight is 458 g/mol. The Morgan fingerprint density at radius 2 is 1.85 bits per heavy atom. The summed E-state index contributed by atoms with van der Waals surface area (Å²) in [5.41, 5.74) is 2.06. The maximum absolute atomic E-state index is 13.8. The third-order valence-electron chi connectivity index (χ3n) is 7.20. The van der Waals surface area contributed by atoms with Crippen LogP contribution in [-0.2, 0) is 14.4 Å². The Labute approximate surface area is 189 Å². The number of Topliss-reactive ketones (excluding diaryl/α,β-unsaturated/α-hetero) is 2. The summed E-state index contributed by atoms with van der Waals surface area (Å²) in [6.45, 7) is 1.75. The van der Waals surface area contributed by atoms with Crippen molar-refractivity contribution in [1.29, 1.82) is 0 Å². The minimum atomic E-state index is -2.86. The minimum absolute atomic E-state index is 0.232. The molecule has 3 aliphatic carbocycles. The van der Waals surface area contributed by atoms with E-state index < -0.39 is 70.1 Å². The van der Waals surface area contributed by atoms with Crippen molar-refractivity contribution in [3.63, 3.8) is 0 Å². The van der Waals surface area contributed by atoms with Gasteiger partial charge in [-0.25, -0.2) is 0 Å². The molecule has 1 aromatic carbocycles. The number of rotatable bonds is 3. The molecule has 176 valence electrons. The van der Waals surface area contributed by atoms with Gasteiger partial charge in [0, 0.05) is 11.5 Å². The van der Waals surface area contributed by atoms with Gasteiger partial charge in [-0.3, -0.25) is 19.3 Å². The topological polar surface area (TPSA) is 171 Å². The summed E-state index contributed by atoms with van der Waals surface area (Å²) in [6.07, 6.45) is -1.55. The van der Waals surface area contributed by atoms with Crippen LogP contribution in [0.3, 0.4) is 0 Å². The molecule has 1 amide bonds. The highest BCUT2D eigenvalue weighted by atomic mass is 16.5. The van der Waals surface area contributed by atoms with Crippen LogP contribution >= 0.6 is 0 Å². The zero-order chi connectivity index (χ0) is 24.6. The molecule has 10 heteroatoms. The number of benzene rings is 1. The normalized spacial score (nSPS) is 33.6. The number of aliphatic hydroxyl groups is 4. The highest BCUT2D eigenvalue weighted by Crippen LogP contribution is 2.56. The van der Waals surface area contributed by atoms with E-state index in [2.05, 4.69) is 0 Å². The molecule has 0 heterocycles. The molecule has 6 unspecified atom stereocenters. The summed E-state index contributed by atoms with van der Waals surface area (Å²) in [6, 6.07) is 3.69. The van der Waals surface area contributed by atoms with Crippen molar-refractivity contribution in [2.45, 2.75) is 30.6 Å². The second-order valence-corrected chi connectivity index (χ2v) is 8.97. The summed E-state index contributed by atoms with van der Waals surface area (Å²) in [5, 5.41) is 45.1. The van der Waals surface area contributed by atoms with Gasteiger partial charge in [-0.05, 0) is 31.6 Å². The van der Waals surface area contributed by atoms with E-state index in [1.165, 1.54) is 26.1 Å². The number of amides is 1. The molecule has 33 heavy (non-hydrogen) atoms. The van der Waals surface area contributed by atoms with E-state index in [1.54, 1.807) is 25.1 Å². The number of primary amides is 1. The SMILES string of the molecule is COc1cccc2c1C(O)=C1C(=O)C3(O)C(O)=C(C(N)=O)C(=O)C(N(C)C)C3C(O)C1C2C. The molecular weight excluding hydrogens is 432 g/mol. The molecule has 4 rings (SSSR count). The third kappa shape index (κ3) is 2.74. The van der Waals surface area contributed by atoms with Crippen LogP contribution in [-0.4, -0.2) is 81.8 Å². The van der Waals surface area contributed by atoms with Crippen molar-refractivity contribution in [3.05, 3.63) is 46.2 Å². The predicted octanol–water partition coefficient (Wildman–Crippen LogP) is -0.201. The molecule has 0 bridgehead atoms. The highest BCUT2D eigenvalue weighted by Gasteiger charge is 2.68. The number of carbonyl (C=O) groups excluding carboxylic acids is 3. The largest absolute Gasteiger partial charge is 0.508 e. The van der Waals surface area contributed by atoms with Gasteiger partial charge in [0.2, 0.25) is 5.78 Å². The molecule has 3 aliphatic rings. The summed E-state index contributed by atoms with van der Waals surface area (Å²) >= 11 is 0. The number of carbonyl (C=O) groups is 3. The first kappa shape index (κ1) is 23.0. The van der Waals surface area contributed by atoms with E-state index >= 15 is 0 Å². The molecular formula is C23H26N2O8. The Bertz CT molecular complexity index is 1150. The van der Waals surface area contributed by atoms with Crippen molar-refractivity contribution >= 4 is 23.2 Å². The molecule has 1 fully saturated rings. The van der Waals surface area contributed by atoms with Gasteiger partial charge in [-0.15, -0.1) is 0 Å². The molecule has 0 aliphatic heterocycles. The van der Waals surface area contributed by atoms with Crippen LogP contribution in [0.15, 0.2) is 35.1 Å². The van der Waals surface area contributed by atoms with Crippen LogP contribution in [0.1, 0.15) is 24.0 Å². The molecule has 0 spiro atoms. The highest BCUT2D eigenvalue weighted by molar-refractivity contribution is 6.24. The van der Waals surface area contributed by atoms with Crippen LogP contribution in [0, 0.1) is 11.8 Å². The second kappa shape index (κ2) is 7.41. The van der Waals surface area contributed by atoms with E-state index in [0.29, 0.717) is 5.56 Å². The first-order chi connectivity index (χ1) is 15.4. The Hall–Kier alpha value is -3.21. The quantitative estimate of drug-likeness (QED) is 0.385. The Kier molecular flexibility index (Phi) is 5.15. The van der Waals surface area contributed by atoms with Gasteiger partial charge in [-0.2, -0.15) is 0 Å². The van der Waals surface area contributed by atoms with E-state index in [1.807, 2.05) is 0 Å². The number of nitrogens with two attached hydrogens (primary N) is 1. The molecule has 6 atom stereocenters. The first-order valence-electron chi connectivity index (χ1n) is 10.4. The molecule has 6 N–H and O–H groups in total. The van der Waals surface area contributed by atoms with Gasteiger partial charge in [-0.1, -0.05) is 19.1 Å². The number of likely N-dealkylation sites (N-methyl/N-ethyl adjacent to an activating group) is 1. The van der Waals surface area contributed by atoms with E-state index in [-0.39, 0.29) is 16.9 Å². The number of hydrogen-bond acceptors (Lipinski definition) is 9.